The molecule has 0 unspecified atom stereocenters. The summed E-state index contributed by atoms with van der Waals surface area (Å²) in [5.74, 6) is 1.37. The Morgan fingerprint density at radius 1 is 1.42 bits per heavy atom. The van der Waals surface area contributed by atoms with Gasteiger partial charge in [-0.1, -0.05) is 0 Å². The molecule has 12 heavy (non-hydrogen) atoms. The first-order valence-electron chi connectivity index (χ1n) is 3.71. The van der Waals surface area contributed by atoms with E-state index in [9.17, 15) is 0 Å². The first kappa shape index (κ1) is 8.73. The van der Waals surface area contributed by atoms with E-state index in [1.807, 2.05) is 0 Å². The molecule has 0 saturated heterocycles. The first-order valence-corrected chi connectivity index (χ1v) is 3.71. The average molecular weight is 168 g/mol. The summed E-state index contributed by atoms with van der Waals surface area (Å²) < 4.78 is 0. The summed E-state index contributed by atoms with van der Waals surface area (Å²) in [7, 11) is 1.78. The number of hydrogen-bond acceptors (Lipinski definition) is 5. The van der Waals surface area contributed by atoms with E-state index in [2.05, 4.69) is 20.6 Å². The minimum absolute atomic E-state index is 0.0888. The lowest BCUT2D eigenvalue weighted by Crippen LogP contribution is -2.08. The zero-order chi connectivity index (χ0) is 8.81. The van der Waals surface area contributed by atoms with E-state index < -0.39 is 0 Å². The van der Waals surface area contributed by atoms with Gasteiger partial charge in [-0.2, -0.15) is 0 Å². The van der Waals surface area contributed by atoms with Crippen molar-refractivity contribution in [2.45, 2.75) is 0 Å². The normalized spacial score (nSPS) is 9.50. The third-order valence-corrected chi connectivity index (χ3v) is 1.31. The molecule has 1 aromatic rings. The predicted molar refractivity (Wildman–Crippen MR) is 47.2 cm³/mol. The monoisotopic (exact) mass is 168 g/mol. The van der Waals surface area contributed by atoms with Crippen molar-refractivity contribution in [3.05, 3.63) is 12.4 Å². The molecule has 0 aliphatic heterocycles. The van der Waals surface area contributed by atoms with Crippen molar-refractivity contribution < 1.29 is 5.11 Å². The third-order valence-electron chi connectivity index (χ3n) is 1.31. The van der Waals surface area contributed by atoms with Gasteiger partial charge in [-0.25, -0.2) is 4.98 Å². The molecule has 0 fully saturated rings. The van der Waals surface area contributed by atoms with Gasteiger partial charge in [0.1, 0.15) is 11.6 Å². The summed E-state index contributed by atoms with van der Waals surface area (Å²) in [5, 5.41) is 14.3. The van der Waals surface area contributed by atoms with E-state index in [1.54, 1.807) is 19.4 Å². The van der Waals surface area contributed by atoms with Crippen molar-refractivity contribution in [2.24, 2.45) is 0 Å². The maximum atomic E-state index is 8.53. The second kappa shape index (κ2) is 4.50. The number of nitrogens with zero attached hydrogens (tertiary/aromatic N) is 2. The van der Waals surface area contributed by atoms with E-state index >= 15 is 0 Å². The summed E-state index contributed by atoms with van der Waals surface area (Å²) in [6, 6.07) is 0. The zero-order valence-corrected chi connectivity index (χ0v) is 6.91. The summed E-state index contributed by atoms with van der Waals surface area (Å²) in [6.45, 7) is 0.577. The SMILES string of the molecule is CNc1cncc(NCCO)n1. The minimum Gasteiger partial charge on any atom is -0.395 e. The predicted octanol–water partition coefficient (Wildman–Crippen LogP) is -0.0775. The van der Waals surface area contributed by atoms with Crippen LogP contribution in [0.15, 0.2) is 12.4 Å². The first-order chi connectivity index (χ1) is 5.86. The topological polar surface area (TPSA) is 70.1 Å². The highest BCUT2D eigenvalue weighted by atomic mass is 16.3. The van der Waals surface area contributed by atoms with Gasteiger partial charge in [-0.05, 0) is 0 Å². The fourth-order valence-corrected chi connectivity index (χ4v) is 0.756. The second-order valence-corrected chi connectivity index (χ2v) is 2.19. The minimum atomic E-state index is 0.0888. The second-order valence-electron chi connectivity index (χ2n) is 2.19. The van der Waals surface area contributed by atoms with Crippen molar-refractivity contribution in [3.63, 3.8) is 0 Å². The van der Waals surface area contributed by atoms with Crippen LogP contribution < -0.4 is 10.6 Å². The van der Waals surface area contributed by atoms with Crippen LogP contribution in [0, 0.1) is 0 Å². The van der Waals surface area contributed by atoms with Crippen molar-refractivity contribution >= 4 is 11.6 Å². The van der Waals surface area contributed by atoms with Gasteiger partial charge in [-0.15, -0.1) is 0 Å². The van der Waals surface area contributed by atoms with Crippen molar-refractivity contribution in [3.8, 4) is 0 Å². The Labute approximate surface area is 70.9 Å². The molecule has 66 valence electrons. The summed E-state index contributed by atoms with van der Waals surface area (Å²) in [6.07, 6.45) is 3.24. The highest BCUT2D eigenvalue weighted by molar-refractivity contribution is 5.40. The van der Waals surface area contributed by atoms with Gasteiger partial charge in [0, 0.05) is 13.6 Å². The largest absolute Gasteiger partial charge is 0.395 e. The molecule has 0 amide bonds. The van der Waals surface area contributed by atoms with Crippen molar-refractivity contribution in [1.82, 2.24) is 9.97 Å². The van der Waals surface area contributed by atoms with Gasteiger partial charge >= 0.3 is 0 Å². The lowest BCUT2D eigenvalue weighted by Gasteiger charge is -2.03. The molecule has 1 heterocycles. The van der Waals surface area contributed by atoms with Crippen molar-refractivity contribution in [1.29, 1.82) is 0 Å². The third kappa shape index (κ3) is 2.35. The van der Waals surface area contributed by atoms with Crippen LogP contribution in [-0.2, 0) is 0 Å². The molecule has 0 atom stereocenters. The molecule has 0 aromatic carbocycles. The van der Waals surface area contributed by atoms with Gasteiger partial charge in [0.05, 0.1) is 19.0 Å². The number of aliphatic hydroxyl groups is 1. The van der Waals surface area contributed by atoms with E-state index in [4.69, 9.17) is 5.11 Å². The summed E-state index contributed by atoms with van der Waals surface area (Å²) >= 11 is 0. The number of aliphatic hydroxyl groups excluding tert-OH is 1. The quantitative estimate of drug-likeness (QED) is 0.586. The Balaban J connectivity index is 2.60. The van der Waals surface area contributed by atoms with Gasteiger partial charge in [0.25, 0.3) is 0 Å². The van der Waals surface area contributed by atoms with Crippen molar-refractivity contribution in [2.75, 3.05) is 30.8 Å². The van der Waals surface area contributed by atoms with Gasteiger partial charge in [0.15, 0.2) is 0 Å². The molecule has 3 N–H and O–H groups in total. The number of nitrogens with one attached hydrogen (secondary N) is 2. The molecule has 5 heteroatoms. The Kier molecular flexibility index (Phi) is 3.28. The lowest BCUT2D eigenvalue weighted by molar-refractivity contribution is 0.311. The zero-order valence-electron chi connectivity index (χ0n) is 6.91. The molecule has 0 aliphatic rings. The molecule has 0 bridgehead atoms. The van der Waals surface area contributed by atoms with Crippen LogP contribution in [0.3, 0.4) is 0 Å². The highest BCUT2D eigenvalue weighted by Crippen LogP contribution is 2.04. The molecule has 0 aliphatic carbocycles. The Hall–Kier alpha value is -1.36. The van der Waals surface area contributed by atoms with Crippen LogP contribution in [0.1, 0.15) is 0 Å². The Bertz CT molecular complexity index is 241. The molecular formula is C7H12N4O. The van der Waals surface area contributed by atoms with E-state index in [0.717, 1.165) is 0 Å². The summed E-state index contributed by atoms with van der Waals surface area (Å²) in [5.41, 5.74) is 0. The maximum Gasteiger partial charge on any atom is 0.147 e. The maximum absolute atomic E-state index is 8.53. The van der Waals surface area contributed by atoms with Crippen LogP contribution >= 0.6 is 0 Å². The Morgan fingerprint density at radius 2 is 2.17 bits per heavy atom. The fraction of sp³-hybridized carbons (Fsp3) is 0.429. The Morgan fingerprint density at radius 3 is 2.83 bits per heavy atom. The molecule has 0 spiro atoms. The number of anilines is 2. The van der Waals surface area contributed by atoms with Crippen LogP contribution in [0.4, 0.5) is 11.6 Å². The molecule has 0 radical (unpaired) electrons. The highest BCUT2D eigenvalue weighted by Gasteiger charge is 1.94. The molecule has 5 nitrogen and oxygen atoms in total. The number of aromatic nitrogens is 2. The molecular weight excluding hydrogens is 156 g/mol. The lowest BCUT2D eigenvalue weighted by atomic mass is 10.6. The molecule has 1 rings (SSSR count). The molecule has 0 saturated carbocycles. The van der Waals surface area contributed by atoms with Gasteiger partial charge in [0.2, 0.25) is 0 Å². The van der Waals surface area contributed by atoms with Crippen LogP contribution in [0.5, 0.6) is 0 Å². The van der Waals surface area contributed by atoms with Gasteiger partial charge in [-0.3, -0.25) is 4.98 Å². The van der Waals surface area contributed by atoms with E-state index in [-0.39, 0.29) is 6.61 Å². The van der Waals surface area contributed by atoms with E-state index in [1.165, 1.54) is 0 Å². The van der Waals surface area contributed by atoms with Crippen LogP contribution in [0.2, 0.25) is 0 Å². The number of hydrogen-bond donors (Lipinski definition) is 3. The fourth-order valence-electron chi connectivity index (χ4n) is 0.756. The van der Waals surface area contributed by atoms with Crippen LogP contribution in [0.25, 0.3) is 0 Å². The standard InChI is InChI=1S/C7H12N4O/c1-8-6-4-9-5-7(11-6)10-2-3-12/h4-5,12H,2-3H2,1H3,(H2,8,10,11). The molecule has 1 aromatic heterocycles. The average Bonchev–Trinajstić information content (AvgIpc) is 2.15. The smallest absolute Gasteiger partial charge is 0.147 e. The van der Waals surface area contributed by atoms with Crippen LogP contribution in [-0.4, -0.2) is 35.3 Å². The van der Waals surface area contributed by atoms with E-state index in [0.29, 0.717) is 18.2 Å². The number of rotatable bonds is 4. The summed E-state index contributed by atoms with van der Waals surface area (Å²) in [4.78, 5) is 8.07. The van der Waals surface area contributed by atoms with Gasteiger partial charge < -0.3 is 15.7 Å².